The Bertz CT molecular complexity index is 580. The minimum atomic E-state index is -0.0729. The molecule has 0 saturated heterocycles. The van der Waals surface area contributed by atoms with Crippen LogP contribution in [0, 0.1) is 13.8 Å². The molecule has 0 fully saturated rings. The first-order chi connectivity index (χ1) is 8.56. The predicted octanol–water partition coefficient (Wildman–Crippen LogP) is 3.45. The van der Waals surface area contributed by atoms with Crippen LogP contribution in [-0.2, 0) is 6.54 Å². The number of nitrogens with one attached hydrogen (secondary N) is 1. The first-order valence-electron chi connectivity index (χ1n) is 5.51. The van der Waals surface area contributed by atoms with Crippen molar-refractivity contribution in [2.45, 2.75) is 20.4 Å². The molecule has 94 valence electrons. The van der Waals surface area contributed by atoms with Gasteiger partial charge in [0, 0.05) is 15.4 Å². The number of hydrogen-bond acceptors (Lipinski definition) is 3. The van der Waals surface area contributed by atoms with Gasteiger partial charge in [-0.3, -0.25) is 4.79 Å². The Morgan fingerprint density at radius 1 is 1.44 bits per heavy atom. The zero-order valence-electron chi connectivity index (χ0n) is 10.2. The van der Waals surface area contributed by atoms with Crippen LogP contribution in [-0.4, -0.2) is 10.9 Å². The lowest BCUT2D eigenvalue weighted by Crippen LogP contribution is -2.23. The summed E-state index contributed by atoms with van der Waals surface area (Å²) in [5.74, 6) is -0.0729. The molecule has 0 radical (unpaired) electrons. The Morgan fingerprint density at radius 2 is 2.22 bits per heavy atom. The summed E-state index contributed by atoms with van der Waals surface area (Å²) in [6.45, 7) is 4.39. The van der Waals surface area contributed by atoms with Crippen molar-refractivity contribution in [1.82, 2.24) is 10.3 Å². The molecule has 0 atom stereocenters. The van der Waals surface area contributed by atoms with Crippen molar-refractivity contribution in [3.8, 4) is 0 Å². The van der Waals surface area contributed by atoms with E-state index in [9.17, 15) is 4.79 Å². The van der Waals surface area contributed by atoms with Crippen molar-refractivity contribution in [2.24, 2.45) is 0 Å². The molecule has 0 spiro atoms. The van der Waals surface area contributed by atoms with E-state index in [1.807, 2.05) is 31.4 Å². The van der Waals surface area contributed by atoms with Crippen LogP contribution in [0.4, 0.5) is 0 Å². The fourth-order valence-electron chi connectivity index (χ4n) is 1.55. The van der Waals surface area contributed by atoms with E-state index in [0.717, 1.165) is 20.7 Å². The molecule has 2 aromatic rings. The summed E-state index contributed by atoms with van der Waals surface area (Å²) in [5, 5.41) is 5.84. The van der Waals surface area contributed by atoms with E-state index in [1.54, 1.807) is 17.4 Å². The smallest absolute Gasteiger partial charge is 0.251 e. The highest BCUT2D eigenvalue weighted by Crippen LogP contribution is 2.17. The van der Waals surface area contributed by atoms with Crippen molar-refractivity contribution >= 4 is 33.2 Å². The van der Waals surface area contributed by atoms with Crippen LogP contribution < -0.4 is 5.32 Å². The number of hydrogen-bond donors (Lipinski definition) is 1. The molecule has 5 heteroatoms. The third-order valence-corrected chi connectivity index (χ3v) is 4.23. The minimum absolute atomic E-state index is 0.0729. The molecular weight excluding hydrogens is 312 g/mol. The van der Waals surface area contributed by atoms with E-state index < -0.39 is 0 Å². The predicted molar refractivity (Wildman–Crippen MR) is 76.9 cm³/mol. The molecule has 1 amide bonds. The summed E-state index contributed by atoms with van der Waals surface area (Å²) < 4.78 is 1.01. The monoisotopic (exact) mass is 324 g/mol. The molecule has 1 N–H and O–H groups in total. The van der Waals surface area contributed by atoms with Gasteiger partial charge in [0.25, 0.3) is 5.91 Å². The van der Waals surface area contributed by atoms with Crippen molar-refractivity contribution in [3.05, 3.63) is 49.9 Å². The third-order valence-electron chi connectivity index (χ3n) is 2.52. The van der Waals surface area contributed by atoms with E-state index >= 15 is 0 Å². The number of thiazole rings is 1. The average molecular weight is 325 g/mol. The van der Waals surface area contributed by atoms with Gasteiger partial charge in [-0.05, 0) is 37.6 Å². The van der Waals surface area contributed by atoms with Gasteiger partial charge in [0.15, 0.2) is 0 Å². The highest BCUT2D eigenvalue weighted by atomic mass is 79.9. The molecule has 0 aliphatic carbocycles. The number of amides is 1. The number of rotatable bonds is 3. The van der Waals surface area contributed by atoms with Crippen molar-refractivity contribution < 1.29 is 4.79 Å². The lowest BCUT2D eigenvalue weighted by atomic mass is 10.1. The third kappa shape index (κ3) is 3.17. The molecule has 3 nitrogen and oxygen atoms in total. The fraction of sp³-hybridized carbons (Fsp3) is 0.231. The van der Waals surface area contributed by atoms with Crippen LogP contribution >= 0.6 is 27.3 Å². The number of aryl methyl sites for hydroxylation is 2. The maximum atomic E-state index is 11.9. The number of halogens is 1. The molecule has 0 unspecified atom stereocenters. The van der Waals surface area contributed by atoms with Gasteiger partial charge in [-0.25, -0.2) is 4.98 Å². The van der Waals surface area contributed by atoms with E-state index in [4.69, 9.17) is 0 Å². The van der Waals surface area contributed by atoms with Crippen molar-refractivity contribution in [3.63, 3.8) is 0 Å². The maximum absolute atomic E-state index is 11.9. The van der Waals surface area contributed by atoms with Crippen LogP contribution in [0.3, 0.4) is 0 Å². The van der Waals surface area contributed by atoms with E-state index in [0.29, 0.717) is 12.1 Å². The van der Waals surface area contributed by atoms with Gasteiger partial charge in [-0.1, -0.05) is 15.9 Å². The number of carbonyl (C=O) groups excluding carboxylic acids is 1. The summed E-state index contributed by atoms with van der Waals surface area (Å²) in [4.78, 5) is 16.2. The summed E-state index contributed by atoms with van der Waals surface area (Å²) in [5.41, 5.74) is 2.62. The average Bonchev–Trinajstić information content (AvgIpc) is 2.75. The second kappa shape index (κ2) is 5.63. The summed E-state index contributed by atoms with van der Waals surface area (Å²) in [7, 11) is 0. The summed E-state index contributed by atoms with van der Waals surface area (Å²) >= 11 is 5.00. The molecular formula is C13H13BrN2OS. The molecule has 2 rings (SSSR count). The van der Waals surface area contributed by atoms with E-state index in [-0.39, 0.29) is 5.91 Å². The van der Waals surface area contributed by atoms with Gasteiger partial charge in [-0.15, -0.1) is 11.3 Å². The second-order valence-electron chi connectivity index (χ2n) is 4.00. The van der Waals surface area contributed by atoms with Crippen LogP contribution in [0.2, 0.25) is 0 Å². The number of carbonyl (C=O) groups is 1. The minimum Gasteiger partial charge on any atom is -0.346 e. The molecule has 0 bridgehead atoms. The van der Waals surface area contributed by atoms with Gasteiger partial charge >= 0.3 is 0 Å². The van der Waals surface area contributed by atoms with Crippen LogP contribution in [0.1, 0.15) is 26.6 Å². The standard InChI is InChI=1S/C13H13BrN2OS/c1-8-5-10(3-4-12(8)14)13(17)15-6-11-7-18-9(2)16-11/h3-5,7H,6H2,1-2H3,(H,15,17). The number of aromatic nitrogens is 1. The highest BCUT2D eigenvalue weighted by Gasteiger charge is 2.07. The Morgan fingerprint density at radius 3 is 2.83 bits per heavy atom. The molecule has 0 aliphatic rings. The van der Waals surface area contributed by atoms with Gasteiger partial charge in [0.05, 0.1) is 17.2 Å². The van der Waals surface area contributed by atoms with Crippen molar-refractivity contribution in [2.75, 3.05) is 0 Å². The summed E-state index contributed by atoms with van der Waals surface area (Å²) in [6.07, 6.45) is 0. The quantitative estimate of drug-likeness (QED) is 0.939. The number of benzene rings is 1. The van der Waals surface area contributed by atoms with E-state index in [1.165, 1.54) is 0 Å². The topological polar surface area (TPSA) is 42.0 Å². The van der Waals surface area contributed by atoms with Gasteiger partial charge < -0.3 is 5.32 Å². The zero-order valence-corrected chi connectivity index (χ0v) is 12.6. The maximum Gasteiger partial charge on any atom is 0.251 e. The van der Waals surface area contributed by atoms with Crippen LogP contribution in [0.15, 0.2) is 28.1 Å². The Kier molecular flexibility index (Phi) is 4.14. The van der Waals surface area contributed by atoms with E-state index in [2.05, 4.69) is 26.2 Å². The Hall–Kier alpha value is -1.20. The van der Waals surface area contributed by atoms with Gasteiger partial charge in [0.1, 0.15) is 0 Å². The van der Waals surface area contributed by atoms with Crippen LogP contribution in [0.5, 0.6) is 0 Å². The normalized spacial score (nSPS) is 10.4. The second-order valence-corrected chi connectivity index (χ2v) is 5.92. The largest absolute Gasteiger partial charge is 0.346 e. The molecule has 0 saturated carbocycles. The van der Waals surface area contributed by atoms with Crippen LogP contribution in [0.25, 0.3) is 0 Å². The Balaban J connectivity index is 2.01. The molecule has 1 aromatic heterocycles. The van der Waals surface area contributed by atoms with Crippen molar-refractivity contribution in [1.29, 1.82) is 0 Å². The SMILES string of the molecule is Cc1nc(CNC(=O)c2ccc(Br)c(C)c2)cs1. The lowest BCUT2D eigenvalue weighted by Gasteiger charge is -2.05. The van der Waals surface area contributed by atoms with Gasteiger partial charge in [-0.2, -0.15) is 0 Å². The highest BCUT2D eigenvalue weighted by molar-refractivity contribution is 9.10. The van der Waals surface area contributed by atoms with Gasteiger partial charge in [0.2, 0.25) is 0 Å². The summed E-state index contributed by atoms with van der Waals surface area (Å²) in [6, 6.07) is 5.56. The zero-order chi connectivity index (χ0) is 13.1. The molecule has 1 aromatic carbocycles. The lowest BCUT2D eigenvalue weighted by molar-refractivity contribution is 0.0950. The first kappa shape index (κ1) is 13.2. The fourth-order valence-corrected chi connectivity index (χ4v) is 2.41. The Labute approximate surface area is 118 Å². The first-order valence-corrected chi connectivity index (χ1v) is 7.19. The number of nitrogens with zero attached hydrogens (tertiary/aromatic N) is 1. The molecule has 18 heavy (non-hydrogen) atoms. The molecule has 1 heterocycles. The molecule has 0 aliphatic heterocycles.